The van der Waals surface area contributed by atoms with Crippen LogP contribution in [-0.4, -0.2) is 23.5 Å². The van der Waals surface area contributed by atoms with E-state index in [4.69, 9.17) is 23.2 Å². The number of nitrogens with zero attached hydrogens (tertiary/aromatic N) is 1. The number of hydrogen-bond acceptors (Lipinski definition) is 4. The summed E-state index contributed by atoms with van der Waals surface area (Å²) in [6.07, 6.45) is 4.81. The smallest absolute Gasteiger partial charge is 0.240 e. The zero-order valence-electron chi connectivity index (χ0n) is 12.8. The lowest BCUT2D eigenvalue weighted by Gasteiger charge is -2.10. The average Bonchev–Trinajstić information content (AvgIpc) is 3.17. The minimum absolute atomic E-state index is 0. The number of aromatic nitrogens is 1. The summed E-state index contributed by atoms with van der Waals surface area (Å²) in [6.45, 7) is 0.321. The van der Waals surface area contributed by atoms with Crippen molar-refractivity contribution in [3.63, 3.8) is 0 Å². The second-order valence-electron chi connectivity index (χ2n) is 5.57. The van der Waals surface area contributed by atoms with E-state index in [0.717, 1.165) is 24.1 Å². The molecule has 0 unspecified atom stereocenters. The fourth-order valence-corrected chi connectivity index (χ4v) is 3.91. The first kappa shape index (κ1) is 19.5. The van der Waals surface area contributed by atoms with Gasteiger partial charge in [0, 0.05) is 22.0 Å². The summed E-state index contributed by atoms with van der Waals surface area (Å²) >= 11 is 13.5. The van der Waals surface area contributed by atoms with Gasteiger partial charge in [-0.15, -0.1) is 11.3 Å². The molecule has 0 saturated heterocycles. The van der Waals surface area contributed by atoms with Gasteiger partial charge in [0.1, 0.15) is 0 Å². The molecule has 1 amide bonds. The quantitative estimate of drug-likeness (QED) is 0.794. The van der Waals surface area contributed by atoms with Gasteiger partial charge >= 0.3 is 0 Å². The van der Waals surface area contributed by atoms with E-state index in [1.807, 2.05) is 11.4 Å². The van der Waals surface area contributed by atoms with E-state index in [-0.39, 0.29) is 18.3 Å². The van der Waals surface area contributed by atoms with E-state index in [1.54, 1.807) is 12.1 Å². The van der Waals surface area contributed by atoms with E-state index < -0.39 is 0 Å². The van der Waals surface area contributed by atoms with E-state index >= 15 is 0 Å². The molecule has 130 valence electrons. The fraction of sp³-hybridized carbons (Fsp3) is 0.375. The molecule has 0 spiro atoms. The number of nitrogens with one attached hydrogen (secondary N) is 2. The summed E-state index contributed by atoms with van der Waals surface area (Å²) in [5.41, 5.74) is 1.53. The van der Waals surface area contributed by atoms with Crippen LogP contribution in [0, 0.1) is 0 Å². The molecule has 1 aromatic heterocycles. The third-order valence-electron chi connectivity index (χ3n) is 3.86. The monoisotopic (exact) mass is 404 g/mol. The number of benzene rings is 1. The highest BCUT2D eigenvalue weighted by molar-refractivity contribution is 7.14. The van der Waals surface area contributed by atoms with Crippen molar-refractivity contribution in [3.8, 4) is 11.3 Å². The van der Waals surface area contributed by atoms with Crippen LogP contribution >= 0.6 is 34.5 Å². The van der Waals surface area contributed by atoms with Crippen molar-refractivity contribution in [2.45, 2.75) is 31.7 Å². The van der Waals surface area contributed by atoms with Crippen molar-refractivity contribution < 1.29 is 17.2 Å². The minimum atomic E-state index is -0.0694. The maximum Gasteiger partial charge on any atom is 0.240 e. The highest BCUT2D eigenvalue weighted by Crippen LogP contribution is 2.32. The van der Waals surface area contributed by atoms with Crippen molar-refractivity contribution >= 4 is 45.6 Å². The molecule has 0 radical (unpaired) electrons. The molecule has 2 N–H and O–H groups in total. The molecule has 0 aliphatic heterocycles. The van der Waals surface area contributed by atoms with Gasteiger partial charge < -0.3 is 23.0 Å². The third-order valence-corrected chi connectivity index (χ3v) is 5.17. The number of amides is 1. The molecular formula is C16H17Cl3N3OS-. The Labute approximate surface area is 161 Å². The average molecular weight is 406 g/mol. The van der Waals surface area contributed by atoms with Crippen LogP contribution in [0.2, 0.25) is 10.0 Å². The molecule has 24 heavy (non-hydrogen) atoms. The van der Waals surface area contributed by atoms with Crippen LogP contribution in [0.3, 0.4) is 0 Å². The van der Waals surface area contributed by atoms with Gasteiger partial charge in [-0.3, -0.25) is 4.79 Å². The molecule has 1 aliphatic carbocycles. The first-order valence-corrected chi connectivity index (χ1v) is 9.19. The van der Waals surface area contributed by atoms with Gasteiger partial charge in [0.2, 0.25) is 5.91 Å². The van der Waals surface area contributed by atoms with Crippen molar-refractivity contribution in [2.24, 2.45) is 0 Å². The number of hydrogen-bond donors (Lipinski definition) is 2. The van der Waals surface area contributed by atoms with Gasteiger partial charge in [0.25, 0.3) is 0 Å². The van der Waals surface area contributed by atoms with Crippen LogP contribution in [-0.2, 0) is 4.79 Å². The maximum absolute atomic E-state index is 12.0. The normalized spacial score (nSPS) is 14.4. The summed E-state index contributed by atoms with van der Waals surface area (Å²) in [4.78, 5) is 16.4. The van der Waals surface area contributed by atoms with Crippen LogP contribution in [0.1, 0.15) is 25.7 Å². The molecule has 4 nitrogen and oxygen atoms in total. The highest BCUT2D eigenvalue weighted by atomic mass is 35.5. The first-order chi connectivity index (χ1) is 11.1. The summed E-state index contributed by atoms with van der Waals surface area (Å²) in [7, 11) is 0. The Morgan fingerprint density at radius 3 is 2.75 bits per heavy atom. The first-order valence-electron chi connectivity index (χ1n) is 7.56. The zero-order valence-corrected chi connectivity index (χ0v) is 15.9. The van der Waals surface area contributed by atoms with E-state index in [9.17, 15) is 4.79 Å². The minimum Gasteiger partial charge on any atom is -1.00 e. The number of carbonyl (C=O) groups is 1. The van der Waals surface area contributed by atoms with Crippen LogP contribution < -0.4 is 23.0 Å². The van der Waals surface area contributed by atoms with E-state index in [1.165, 1.54) is 24.2 Å². The maximum atomic E-state index is 12.0. The number of thiazole rings is 1. The van der Waals surface area contributed by atoms with Crippen LogP contribution in [0.4, 0.5) is 5.13 Å². The molecule has 0 bridgehead atoms. The van der Waals surface area contributed by atoms with E-state index in [2.05, 4.69) is 15.6 Å². The van der Waals surface area contributed by atoms with Gasteiger partial charge in [-0.2, -0.15) is 0 Å². The van der Waals surface area contributed by atoms with Crippen LogP contribution in [0.25, 0.3) is 11.3 Å². The molecule has 1 saturated carbocycles. The Morgan fingerprint density at radius 2 is 2.04 bits per heavy atom. The van der Waals surface area contributed by atoms with Crippen molar-refractivity contribution in [2.75, 3.05) is 11.9 Å². The second kappa shape index (κ2) is 9.02. The summed E-state index contributed by atoms with van der Waals surface area (Å²) in [5.74, 6) is -0.0694. The molecule has 1 aliphatic rings. The lowest BCUT2D eigenvalue weighted by atomic mass is 10.2. The zero-order chi connectivity index (χ0) is 16.2. The molecule has 1 fully saturated rings. The summed E-state index contributed by atoms with van der Waals surface area (Å²) in [5, 5.41) is 9.68. The lowest BCUT2D eigenvalue weighted by molar-refractivity contribution is -0.115. The Morgan fingerprint density at radius 1 is 1.29 bits per heavy atom. The molecular weight excluding hydrogens is 389 g/mol. The predicted molar refractivity (Wildman–Crippen MR) is 96.5 cm³/mol. The van der Waals surface area contributed by atoms with Gasteiger partial charge in [-0.05, 0) is 31.0 Å². The summed E-state index contributed by atoms with van der Waals surface area (Å²) in [6, 6.07) is 5.75. The molecule has 1 heterocycles. The largest absolute Gasteiger partial charge is 1.00 e. The van der Waals surface area contributed by atoms with Gasteiger partial charge in [-0.25, -0.2) is 4.98 Å². The standard InChI is InChI=1S/C16H17Cl2N3OS.ClH/c17-10-5-6-12(13(18)7-10)14-9-23-16(20-14)21-15(22)8-19-11-3-1-2-4-11;/h5-7,9,11,19H,1-4,8H2,(H,20,21,22);1H/p-1. The SMILES string of the molecule is O=C(CNC1CCCC1)Nc1nc(-c2ccc(Cl)cc2Cl)cs1.[Cl-]. The predicted octanol–water partition coefficient (Wildman–Crippen LogP) is 1.59. The Hall–Kier alpha value is -0.850. The van der Waals surface area contributed by atoms with Crippen LogP contribution in [0.5, 0.6) is 0 Å². The number of halogens is 3. The lowest BCUT2D eigenvalue weighted by Crippen LogP contribution is -3.00. The van der Waals surface area contributed by atoms with E-state index in [0.29, 0.717) is 27.8 Å². The van der Waals surface area contributed by atoms with Crippen molar-refractivity contribution in [3.05, 3.63) is 33.6 Å². The number of carbonyl (C=O) groups excluding carboxylic acids is 1. The molecule has 3 rings (SSSR count). The highest BCUT2D eigenvalue weighted by Gasteiger charge is 2.16. The number of anilines is 1. The van der Waals surface area contributed by atoms with Crippen molar-refractivity contribution in [1.29, 1.82) is 0 Å². The Kier molecular flexibility index (Phi) is 7.32. The molecule has 8 heteroatoms. The second-order valence-corrected chi connectivity index (χ2v) is 7.27. The van der Waals surface area contributed by atoms with Gasteiger partial charge in [-0.1, -0.05) is 36.0 Å². The Balaban J connectivity index is 0.00000208. The molecule has 1 aromatic carbocycles. The fourth-order valence-electron chi connectivity index (χ4n) is 2.68. The Bertz CT molecular complexity index is 702. The molecule has 0 atom stereocenters. The van der Waals surface area contributed by atoms with Crippen molar-refractivity contribution in [1.82, 2.24) is 10.3 Å². The van der Waals surface area contributed by atoms with Gasteiger partial charge in [0.15, 0.2) is 5.13 Å². The van der Waals surface area contributed by atoms with Gasteiger partial charge in [0.05, 0.1) is 17.3 Å². The third kappa shape index (κ3) is 5.07. The van der Waals surface area contributed by atoms with Crippen LogP contribution in [0.15, 0.2) is 23.6 Å². The molecule has 2 aromatic rings. The summed E-state index contributed by atoms with van der Waals surface area (Å²) < 4.78 is 0. The topological polar surface area (TPSA) is 54.0 Å². The number of rotatable bonds is 5.